The minimum atomic E-state index is -0.201. The van der Waals surface area contributed by atoms with Crippen LogP contribution in [0.4, 0.5) is 0 Å². The van der Waals surface area contributed by atoms with Crippen LogP contribution < -0.4 is 0 Å². The van der Waals surface area contributed by atoms with Gasteiger partial charge in [0.15, 0.2) is 0 Å². The quantitative estimate of drug-likeness (QED) is 0.569. The van der Waals surface area contributed by atoms with Crippen molar-refractivity contribution < 1.29 is 14.3 Å². The highest BCUT2D eigenvalue weighted by molar-refractivity contribution is 5.86. The highest BCUT2D eigenvalue weighted by Gasteiger charge is 2.50. The summed E-state index contributed by atoms with van der Waals surface area (Å²) < 4.78 is 4.67. The van der Waals surface area contributed by atoms with Crippen LogP contribution in [0, 0.1) is 17.8 Å². The van der Waals surface area contributed by atoms with Crippen LogP contribution in [0.3, 0.4) is 0 Å². The smallest absolute Gasteiger partial charge is 0.309 e. The number of amides is 1. The van der Waals surface area contributed by atoms with Crippen LogP contribution in [0.5, 0.6) is 0 Å². The Morgan fingerprint density at radius 2 is 2.36 bits per heavy atom. The van der Waals surface area contributed by atoms with Crippen LogP contribution in [0.25, 0.3) is 0 Å². The lowest BCUT2D eigenvalue weighted by molar-refractivity contribution is -0.158. The summed E-state index contributed by atoms with van der Waals surface area (Å²) >= 11 is 0. The second kappa shape index (κ2) is 3.12. The van der Waals surface area contributed by atoms with Crippen molar-refractivity contribution in [3.63, 3.8) is 0 Å². The molecule has 1 aliphatic carbocycles. The summed E-state index contributed by atoms with van der Waals surface area (Å²) in [5, 5.41) is 0. The van der Waals surface area contributed by atoms with Gasteiger partial charge in [-0.3, -0.25) is 9.59 Å². The summed E-state index contributed by atoms with van der Waals surface area (Å²) in [4.78, 5) is 24.4. The molecular weight excluding hydrogens is 182 g/mol. The molecule has 1 aliphatic heterocycles. The lowest BCUT2D eigenvalue weighted by Crippen LogP contribution is -2.50. The van der Waals surface area contributed by atoms with E-state index in [4.69, 9.17) is 0 Å². The molecule has 1 saturated carbocycles. The van der Waals surface area contributed by atoms with E-state index in [1.165, 1.54) is 7.11 Å². The fourth-order valence-corrected chi connectivity index (χ4v) is 2.17. The fraction of sp³-hybridized carbons (Fsp3) is 0.600. The standard InChI is InChI=1S/C10H13NO3/c1-11-4-3-6-7(9(11)12)5-8(6)10(13)14-2/h3-4,6-8H,5H2,1-2H3/t6-,7-,8-/m0/s1. The van der Waals surface area contributed by atoms with E-state index in [9.17, 15) is 9.59 Å². The van der Waals surface area contributed by atoms with Crippen molar-refractivity contribution in [3.8, 4) is 0 Å². The average Bonchev–Trinajstić information content (AvgIpc) is 2.13. The molecule has 0 aromatic carbocycles. The number of allylic oxidation sites excluding steroid dienone is 1. The molecule has 4 heteroatoms. The number of hydrogen-bond acceptors (Lipinski definition) is 3. The lowest BCUT2D eigenvalue weighted by Gasteiger charge is -2.44. The predicted octanol–water partition coefficient (Wildman–Crippen LogP) is 0.397. The maximum absolute atomic E-state index is 11.6. The fourth-order valence-electron chi connectivity index (χ4n) is 2.17. The van der Waals surface area contributed by atoms with E-state index in [2.05, 4.69) is 4.74 Å². The Bertz CT molecular complexity index is 310. The number of fused-ring (bicyclic) bond motifs is 1. The van der Waals surface area contributed by atoms with Gasteiger partial charge in [-0.2, -0.15) is 0 Å². The molecule has 2 rings (SSSR count). The minimum Gasteiger partial charge on any atom is -0.469 e. The van der Waals surface area contributed by atoms with Gasteiger partial charge in [0.1, 0.15) is 0 Å². The predicted molar refractivity (Wildman–Crippen MR) is 49.0 cm³/mol. The van der Waals surface area contributed by atoms with Crippen molar-refractivity contribution >= 4 is 11.9 Å². The Balaban J connectivity index is 2.11. The van der Waals surface area contributed by atoms with Crippen molar-refractivity contribution in [1.82, 2.24) is 4.90 Å². The first kappa shape index (κ1) is 9.24. The molecule has 1 amide bonds. The maximum atomic E-state index is 11.6. The van der Waals surface area contributed by atoms with Gasteiger partial charge in [-0.1, -0.05) is 6.08 Å². The van der Waals surface area contributed by atoms with Crippen LogP contribution in [0.15, 0.2) is 12.3 Å². The van der Waals surface area contributed by atoms with Crippen LogP contribution in [-0.4, -0.2) is 30.9 Å². The summed E-state index contributed by atoms with van der Waals surface area (Å²) in [6, 6.07) is 0. The van der Waals surface area contributed by atoms with Gasteiger partial charge in [-0.25, -0.2) is 0 Å². The molecule has 1 heterocycles. The topological polar surface area (TPSA) is 46.6 Å². The lowest BCUT2D eigenvalue weighted by atomic mass is 9.63. The zero-order valence-electron chi connectivity index (χ0n) is 8.27. The van der Waals surface area contributed by atoms with E-state index in [1.807, 2.05) is 6.08 Å². The Kier molecular flexibility index (Phi) is 2.06. The third kappa shape index (κ3) is 1.14. The van der Waals surface area contributed by atoms with Crippen LogP contribution in [-0.2, 0) is 14.3 Å². The SMILES string of the molecule is COC(=O)[C@H]1C[C@@H]2C(=O)N(C)C=C[C@H]12. The summed E-state index contributed by atoms with van der Waals surface area (Å²) in [6.45, 7) is 0. The van der Waals surface area contributed by atoms with E-state index >= 15 is 0 Å². The number of nitrogens with zero attached hydrogens (tertiary/aromatic N) is 1. The first-order valence-corrected chi connectivity index (χ1v) is 4.68. The molecule has 2 aliphatic rings. The van der Waals surface area contributed by atoms with Crippen LogP contribution in [0.1, 0.15) is 6.42 Å². The molecule has 0 spiro atoms. The number of esters is 1. The maximum Gasteiger partial charge on any atom is 0.309 e. The van der Waals surface area contributed by atoms with E-state index < -0.39 is 0 Å². The Morgan fingerprint density at radius 3 is 3.00 bits per heavy atom. The van der Waals surface area contributed by atoms with E-state index in [0.717, 1.165) is 0 Å². The monoisotopic (exact) mass is 195 g/mol. The van der Waals surface area contributed by atoms with Crippen molar-refractivity contribution in [2.75, 3.05) is 14.2 Å². The number of rotatable bonds is 1. The molecule has 0 unspecified atom stereocenters. The molecule has 0 N–H and O–H groups in total. The van der Waals surface area contributed by atoms with E-state index in [0.29, 0.717) is 6.42 Å². The molecular formula is C10H13NO3. The third-order valence-electron chi connectivity index (χ3n) is 3.14. The number of ether oxygens (including phenoxy) is 1. The molecule has 76 valence electrons. The average molecular weight is 195 g/mol. The first-order chi connectivity index (χ1) is 6.65. The number of hydrogen-bond donors (Lipinski definition) is 0. The van der Waals surface area contributed by atoms with Crippen LogP contribution in [0.2, 0.25) is 0 Å². The van der Waals surface area contributed by atoms with Crippen molar-refractivity contribution in [2.45, 2.75) is 6.42 Å². The minimum absolute atomic E-state index is 0.00546. The summed E-state index contributed by atoms with van der Waals surface area (Å²) in [7, 11) is 3.12. The van der Waals surface area contributed by atoms with E-state index in [1.54, 1.807) is 18.1 Å². The molecule has 0 bridgehead atoms. The highest BCUT2D eigenvalue weighted by atomic mass is 16.5. The van der Waals surface area contributed by atoms with Gasteiger partial charge in [0.05, 0.1) is 13.0 Å². The van der Waals surface area contributed by atoms with Crippen molar-refractivity contribution in [3.05, 3.63) is 12.3 Å². The zero-order chi connectivity index (χ0) is 10.3. The van der Waals surface area contributed by atoms with Gasteiger partial charge in [0.2, 0.25) is 5.91 Å². The normalized spacial score (nSPS) is 34.9. The summed E-state index contributed by atoms with van der Waals surface area (Å²) in [6.07, 6.45) is 4.29. The number of carbonyl (C=O) groups excluding carboxylic acids is 2. The van der Waals surface area contributed by atoms with Gasteiger partial charge in [0, 0.05) is 25.1 Å². The van der Waals surface area contributed by atoms with E-state index in [-0.39, 0.29) is 29.6 Å². The molecule has 0 aromatic heterocycles. The molecule has 1 fully saturated rings. The second-order valence-electron chi connectivity index (χ2n) is 3.84. The molecule has 0 radical (unpaired) electrons. The largest absolute Gasteiger partial charge is 0.469 e. The number of methoxy groups -OCH3 is 1. The van der Waals surface area contributed by atoms with Gasteiger partial charge in [-0.05, 0) is 6.42 Å². The molecule has 3 atom stereocenters. The molecule has 14 heavy (non-hydrogen) atoms. The summed E-state index contributed by atoms with van der Waals surface area (Å²) in [5.74, 6) is -0.148. The zero-order valence-corrected chi connectivity index (χ0v) is 8.27. The van der Waals surface area contributed by atoms with Gasteiger partial charge < -0.3 is 9.64 Å². The first-order valence-electron chi connectivity index (χ1n) is 4.68. The Morgan fingerprint density at radius 1 is 1.64 bits per heavy atom. The van der Waals surface area contributed by atoms with Gasteiger partial charge >= 0.3 is 5.97 Å². The van der Waals surface area contributed by atoms with Gasteiger partial charge in [0.25, 0.3) is 0 Å². The highest BCUT2D eigenvalue weighted by Crippen LogP contribution is 2.44. The number of carbonyl (C=O) groups is 2. The van der Waals surface area contributed by atoms with Crippen molar-refractivity contribution in [2.24, 2.45) is 17.8 Å². The van der Waals surface area contributed by atoms with Crippen LogP contribution >= 0.6 is 0 Å². The Hall–Kier alpha value is -1.32. The molecule has 4 nitrogen and oxygen atoms in total. The summed E-state index contributed by atoms with van der Waals surface area (Å²) in [5.41, 5.74) is 0. The molecule has 0 saturated heterocycles. The Labute approximate surface area is 82.5 Å². The van der Waals surface area contributed by atoms with Crippen molar-refractivity contribution in [1.29, 1.82) is 0 Å². The molecule has 0 aromatic rings. The third-order valence-corrected chi connectivity index (χ3v) is 3.14. The second-order valence-corrected chi connectivity index (χ2v) is 3.84. The van der Waals surface area contributed by atoms with Gasteiger partial charge in [-0.15, -0.1) is 0 Å².